The number of hydrogen-bond donors (Lipinski definition) is 0. The first-order valence-electron chi connectivity index (χ1n) is 9.13. The number of thiophene rings is 1. The normalized spacial score (nSPS) is 12.9. The number of rotatable bonds is 6. The van der Waals surface area contributed by atoms with Crippen LogP contribution in [0.2, 0.25) is 0 Å². The number of carbonyl (C=O) groups excluding carboxylic acids is 2. The minimum Gasteiger partial charge on any atom is -0.453 e. The smallest absolute Gasteiger partial charge is 0.387 e. The van der Waals surface area contributed by atoms with Crippen molar-refractivity contribution in [2.45, 2.75) is 32.9 Å². The second kappa shape index (κ2) is 7.94. The van der Waals surface area contributed by atoms with Gasteiger partial charge in [0.25, 0.3) is 5.56 Å². The molecule has 156 valence electrons. The molecule has 0 aliphatic carbocycles. The molecule has 1 aromatic carbocycles. The molecule has 0 saturated heterocycles. The highest BCUT2D eigenvalue weighted by Gasteiger charge is 2.24. The van der Waals surface area contributed by atoms with Crippen molar-refractivity contribution in [3.63, 3.8) is 0 Å². The standard InChI is InChI=1S/C20H16F2N2O5S/c1-10-15-17(23-14-3-2-8-24(14)18(15)26)30-16(10)19(27)28-9-13(25)11-4-6-12(7-5-11)29-20(21)22/h4-7,20H,2-3,8-9H2,1H3. The molecule has 0 atom stereocenters. The molecule has 0 unspecified atom stereocenters. The van der Waals surface area contributed by atoms with E-state index in [9.17, 15) is 23.2 Å². The lowest BCUT2D eigenvalue weighted by atomic mass is 10.1. The molecule has 0 radical (unpaired) electrons. The number of fused-ring (bicyclic) bond motifs is 2. The number of Topliss-reactive ketones (excluding diaryl/α,β-unsaturated/α-hetero) is 1. The molecule has 1 aliphatic heterocycles. The van der Waals surface area contributed by atoms with E-state index in [0.717, 1.165) is 24.2 Å². The number of esters is 1. The fourth-order valence-electron chi connectivity index (χ4n) is 3.37. The Morgan fingerprint density at radius 2 is 2.00 bits per heavy atom. The van der Waals surface area contributed by atoms with Gasteiger partial charge >= 0.3 is 12.6 Å². The Hall–Kier alpha value is -3.14. The van der Waals surface area contributed by atoms with Gasteiger partial charge in [0, 0.05) is 18.5 Å². The van der Waals surface area contributed by atoms with Gasteiger partial charge in [0.1, 0.15) is 21.3 Å². The third-order valence-corrected chi connectivity index (χ3v) is 6.00. The van der Waals surface area contributed by atoms with Crippen LogP contribution in [0.1, 0.15) is 37.8 Å². The molecule has 0 spiro atoms. The van der Waals surface area contributed by atoms with Gasteiger partial charge in [-0.25, -0.2) is 9.78 Å². The highest BCUT2D eigenvalue weighted by atomic mass is 32.1. The van der Waals surface area contributed by atoms with Crippen LogP contribution in [0.25, 0.3) is 10.2 Å². The Kier molecular flexibility index (Phi) is 5.33. The summed E-state index contributed by atoms with van der Waals surface area (Å²) in [6, 6.07) is 5.08. The number of alkyl halides is 2. The first-order valence-corrected chi connectivity index (χ1v) is 9.95. The van der Waals surface area contributed by atoms with Gasteiger partial charge in [-0.15, -0.1) is 11.3 Å². The van der Waals surface area contributed by atoms with Gasteiger partial charge < -0.3 is 9.47 Å². The predicted molar refractivity (Wildman–Crippen MR) is 105 cm³/mol. The van der Waals surface area contributed by atoms with Crippen LogP contribution >= 0.6 is 11.3 Å². The Morgan fingerprint density at radius 1 is 1.27 bits per heavy atom. The monoisotopic (exact) mass is 434 g/mol. The van der Waals surface area contributed by atoms with Gasteiger partial charge in [-0.2, -0.15) is 8.78 Å². The molecular formula is C20H16F2N2O5S. The Balaban J connectivity index is 1.48. The molecule has 0 bridgehead atoms. The summed E-state index contributed by atoms with van der Waals surface area (Å²) in [6.45, 7) is -1.21. The Labute approximate surface area is 172 Å². The average Bonchev–Trinajstić information content (AvgIpc) is 3.31. The number of aromatic nitrogens is 2. The molecule has 4 rings (SSSR count). The van der Waals surface area contributed by atoms with Crippen molar-refractivity contribution in [2.24, 2.45) is 0 Å². The van der Waals surface area contributed by atoms with Crippen LogP contribution < -0.4 is 10.3 Å². The van der Waals surface area contributed by atoms with Crippen molar-refractivity contribution in [1.29, 1.82) is 0 Å². The number of halogens is 2. The first kappa shape index (κ1) is 20.1. The van der Waals surface area contributed by atoms with Crippen molar-refractivity contribution in [1.82, 2.24) is 9.55 Å². The zero-order valence-electron chi connectivity index (χ0n) is 15.8. The molecule has 10 heteroatoms. The van der Waals surface area contributed by atoms with E-state index >= 15 is 0 Å². The lowest BCUT2D eigenvalue weighted by Gasteiger charge is -2.06. The SMILES string of the molecule is Cc1c(C(=O)OCC(=O)c2ccc(OC(F)F)cc2)sc2nc3n(c(=O)c12)CCC3. The Bertz CT molecular complexity index is 1200. The molecule has 1 aliphatic rings. The van der Waals surface area contributed by atoms with Crippen LogP contribution in [-0.4, -0.2) is 34.5 Å². The van der Waals surface area contributed by atoms with Gasteiger partial charge in [0.2, 0.25) is 0 Å². The number of ether oxygens (including phenoxy) is 2. The molecule has 3 aromatic rings. The van der Waals surface area contributed by atoms with E-state index in [1.165, 1.54) is 24.3 Å². The van der Waals surface area contributed by atoms with Crippen LogP contribution in [0.4, 0.5) is 8.78 Å². The number of carbonyl (C=O) groups is 2. The predicted octanol–water partition coefficient (Wildman–Crippen LogP) is 3.35. The highest BCUT2D eigenvalue weighted by Crippen LogP contribution is 2.29. The summed E-state index contributed by atoms with van der Waals surface area (Å²) < 4.78 is 35.3. The maximum atomic E-state index is 12.7. The van der Waals surface area contributed by atoms with Crippen molar-refractivity contribution in [3.05, 3.63) is 56.4 Å². The molecule has 0 amide bonds. The van der Waals surface area contributed by atoms with E-state index in [1.54, 1.807) is 11.5 Å². The molecule has 0 saturated carbocycles. The topological polar surface area (TPSA) is 87.5 Å². The summed E-state index contributed by atoms with van der Waals surface area (Å²) in [4.78, 5) is 42.6. The van der Waals surface area contributed by atoms with E-state index in [0.29, 0.717) is 28.1 Å². The molecule has 7 nitrogen and oxygen atoms in total. The minimum absolute atomic E-state index is 0.0786. The summed E-state index contributed by atoms with van der Waals surface area (Å²) >= 11 is 1.07. The second-order valence-corrected chi connectivity index (χ2v) is 7.73. The largest absolute Gasteiger partial charge is 0.453 e. The van der Waals surface area contributed by atoms with E-state index in [4.69, 9.17) is 4.74 Å². The zero-order chi connectivity index (χ0) is 21.4. The number of benzene rings is 1. The van der Waals surface area contributed by atoms with Crippen LogP contribution in [-0.2, 0) is 17.7 Å². The first-order chi connectivity index (χ1) is 14.3. The van der Waals surface area contributed by atoms with Crippen molar-refractivity contribution in [3.8, 4) is 5.75 Å². The third kappa shape index (κ3) is 3.70. The summed E-state index contributed by atoms with van der Waals surface area (Å²) in [5, 5.41) is 0.401. The summed E-state index contributed by atoms with van der Waals surface area (Å²) in [7, 11) is 0. The van der Waals surface area contributed by atoms with Crippen molar-refractivity contribution < 1.29 is 27.8 Å². The van der Waals surface area contributed by atoms with Crippen molar-refractivity contribution in [2.75, 3.05) is 6.61 Å². The quantitative estimate of drug-likeness (QED) is 0.437. The van der Waals surface area contributed by atoms with Crippen LogP contribution in [0.15, 0.2) is 29.1 Å². The second-order valence-electron chi connectivity index (χ2n) is 6.73. The zero-order valence-corrected chi connectivity index (χ0v) is 16.6. The summed E-state index contributed by atoms with van der Waals surface area (Å²) in [5.74, 6) is -0.581. The number of ketones is 1. The molecular weight excluding hydrogens is 418 g/mol. The van der Waals surface area contributed by atoms with E-state index in [-0.39, 0.29) is 21.7 Å². The Morgan fingerprint density at radius 3 is 2.70 bits per heavy atom. The maximum absolute atomic E-state index is 12.7. The van der Waals surface area contributed by atoms with Gasteiger partial charge in [-0.05, 0) is 43.2 Å². The van der Waals surface area contributed by atoms with Crippen LogP contribution in [0.3, 0.4) is 0 Å². The van der Waals surface area contributed by atoms with E-state index in [1.807, 2.05) is 0 Å². The fourth-order valence-corrected chi connectivity index (χ4v) is 4.46. The lowest BCUT2D eigenvalue weighted by molar-refractivity contribution is -0.0498. The van der Waals surface area contributed by atoms with Gasteiger partial charge in [-0.3, -0.25) is 14.2 Å². The number of hydrogen-bond acceptors (Lipinski definition) is 7. The van der Waals surface area contributed by atoms with Gasteiger partial charge in [0.05, 0.1) is 5.39 Å². The molecule has 30 heavy (non-hydrogen) atoms. The maximum Gasteiger partial charge on any atom is 0.387 e. The lowest BCUT2D eigenvalue weighted by Crippen LogP contribution is -2.20. The summed E-state index contributed by atoms with van der Waals surface area (Å²) in [5.41, 5.74) is 0.511. The molecule has 2 aromatic heterocycles. The molecule has 3 heterocycles. The van der Waals surface area contributed by atoms with Gasteiger partial charge in [-0.1, -0.05) is 0 Å². The third-order valence-electron chi connectivity index (χ3n) is 4.83. The van der Waals surface area contributed by atoms with E-state index < -0.39 is 25.0 Å². The molecule has 0 fully saturated rings. The molecule has 0 N–H and O–H groups in total. The number of nitrogens with zero attached hydrogens (tertiary/aromatic N) is 2. The van der Waals surface area contributed by atoms with Crippen LogP contribution in [0.5, 0.6) is 5.75 Å². The minimum atomic E-state index is -2.96. The fraction of sp³-hybridized carbons (Fsp3) is 0.300. The van der Waals surface area contributed by atoms with E-state index in [2.05, 4.69) is 9.72 Å². The average molecular weight is 434 g/mol. The van der Waals surface area contributed by atoms with Gasteiger partial charge in [0.15, 0.2) is 12.4 Å². The van der Waals surface area contributed by atoms with Crippen molar-refractivity contribution >= 4 is 33.3 Å². The summed E-state index contributed by atoms with van der Waals surface area (Å²) in [6.07, 6.45) is 1.59. The number of aryl methyl sites for hydroxylation is 2. The highest BCUT2D eigenvalue weighted by molar-refractivity contribution is 7.20. The van der Waals surface area contributed by atoms with Crippen LogP contribution in [0, 0.1) is 6.92 Å².